The van der Waals surface area contributed by atoms with Gasteiger partial charge in [-0.2, -0.15) is 0 Å². The van der Waals surface area contributed by atoms with Gasteiger partial charge in [-0.15, -0.1) is 0 Å². The molecule has 2 N–H and O–H groups in total. The van der Waals surface area contributed by atoms with Crippen molar-refractivity contribution in [3.63, 3.8) is 0 Å². The predicted molar refractivity (Wildman–Crippen MR) is 65.3 cm³/mol. The zero-order valence-corrected chi connectivity index (χ0v) is 9.98. The first-order valence-corrected chi connectivity index (χ1v) is 5.62. The van der Waals surface area contributed by atoms with Crippen LogP contribution in [0.5, 0.6) is 0 Å². The molecule has 0 saturated heterocycles. The number of amides is 1. The molecule has 1 heterocycles. The van der Waals surface area contributed by atoms with Crippen molar-refractivity contribution in [2.75, 3.05) is 20.1 Å². The van der Waals surface area contributed by atoms with Gasteiger partial charge in [0.2, 0.25) is 0 Å². The van der Waals surface area contributed by atoms with Gasteiger partial charge in [-0.25, -0.2) is 9.18 Å². The molecule has 0 atom stereocenters. The van der Waals surface area contributed by atoms with Crippen LogP contribution in [-0.4, -0.2) is 42.1 Å². The number of nitrogens with zero attached hydrogens (tertiary/aromatic N) is 2. The lowest BCUT2D eigenvalue weighted by molar-refractivity contribution is 0.172. The number of halogens is 1. The molecule has 96 valence electrons. The van der Waals surface area contributed by atoms with Gasteiger partial charge < -0.3 is 10.4 Å². The standard InChI is InChI=1S/C12H14FN3O2/c1-14-7-9-3-2-8(6-10(9)13)11-15-4-5-16(11)12(17)18/h2-3,6,14H,4-5,7H2,1H3,(H,17,18). The van der Waals surface area contributed by atoms with Gasteiger partial charge >= 0.3 is 6.09 Å². The summed E-state index contributed by atoms with van der Waals surface area (Å²) in [5.41, 5.74) is 1.04. The van der Waals surface area contributed by atoms with E-state index in [1.165, 1.54) is 6.07 Å². The Morgan fingerprint density at radius 3 is 3.00 bits per heavy atom. The molecule has 1 amide bonds. The van der Waals surface area contributed by atoms with Crippen LogP contribution in [0.15, 0.2) is 23.2 Å². The van der Waals surface area contributed by atoms with Crippen molar-refractivity contribution in [1.29, 1.82) is 0 Å². The van der Waals surface area contributed by atoms with Crippen LogP contribution in [0.3, 0.4) is 0 Å². The second-order valence-electron chi connectivity index (χ2n) is 3.98. The van der Waals surface area contributed by atoms with Crippen LogP contribution in [-0.2, 0) is 6.54 Å². The van der Waals surface area contributed by atoms with Crippen LogP contribution < -0.4 is 5.32 Å². The van der Waals surface area contributed by atoms with E-state index < -0.39 is 6.09 Å². The van der Waals surface area contributed by atoms with E-state index in [2.05, 4.69) is 10.3 Å². The molecule has 0 spiro atoms. The minimum atomic E-state index is -1.06. The molecule has 0 aromatic heterocycles. The number of carboxylic acid groups (broad SMARTS) is 1. The highest BCUT2D eigenvalue weighted by Gasteiger charge is 2.24. The van der Waals surface area contributed by atoms with Crippen LogP contribution in [0.25, 0.3) is 0 Å². The molecule has 1 aromatic rings. The minimum Gasteiger partial charge on any atom is -0.465 e. The summed E-state index contributed by atoms with van der Waals surface area (Å²) in [5.74, 6) is -0.0424. The molecule has 0 aliphatic carbocycles. The van der Waals surface area contributed by atoms with Gasteiger partial charge in [-0.05, 0) is 13.1 Å². The molecule has 2 rings (SSSR count). The van der Waals surface area contributed by atoms with Crippen LogP contribution in [0, 0.1) is 5.82 Å². The highest BCUT2D eigenvalue weighted by Crippen LogP contribution is 2.16. The van der Waals surface area contributed by atoms with Gasteiger partial charge in [0.05, 0.1) is 13.1 Å². The fraction of sp³-hybridized carbons (Fsp3) is 0.333. The van der Waals surface area contributed by atoms with E-state index in [4.69, 9.17) is 5.11 Å². The molecule has 0 unspecified atom stereocenters. The van der Waals surface area contributed by atoms with E-state index in [1.54, 1.807) is 19.2 Å². The van der Waals surface area contributed by atoms with Crippen molar-refractivity contribution < 1.29 is 14.3 Å². The number of hydrogen-bond donors (Lipinski definition) is 2. The molecule has 0 saturated carbocycles. The quantitative estimate of drug-likeness (QED) is 0.850. The Kier molecular flexibility index (Phi) is 3.57. The molecule has 1 aromatic carbocycles. The topological polar surface area (TPSA) is 64.9 Å². The van der Waals surface area contributed by atoms with E-state index in [9.17, 15) is 9.18 Å². The maximum absolute atomic E-state index is 13.8. The lowest BCUT2D eigenvalue weighted by atomic mass is 10.1. The van der Waals surface area contributed by atoms with Crippen molar-refractivity contribution >= 4 is 11.9 Å². The summed E-state index contributed by atoms with van der Waals surface area (Å²) >= 11 is 0. The zero-order chi connectivity index (χ0) is 13.1. The molecule has 0 fully saturated rings. The van der Waals surface area contributed by atoms with Gasteiger partial charge in [0, 0.05) is 17.7 Å². The van der Waals surface area contributed by atoms with Gasteiger partial charge in [-0.1, -0.05) is 12.1 Å². The van der Waals surface area contributed by atoms with Crippen molar-refractivity contribution in [2.24, 2.45) is 4.99 Å². The summed E-state index contributed by atoms with van der Waals surface area (Å²) in [4.78, 5) is 16.2. The first kappa shape index (κ1) is 12.5. The second kappa shape index (κ2) is 5.14. The Labute approximate surface area is 104 Å². The van der Waals surface area contributed by atoms with Crippen LogP contribution in [0.1, 0.15) is 11.1 Å². The number of rotatable bonds is 3. The summed E-state index contributed by atoms with van der Waals surface area (Å²) in [5, 5.41) is 11.9. The molecule has 0 radical (unpaired) electrons. The van der Waals surface area contributed by atoms with Crippen molar-refractivity contribution in [1.82, 2.24) is 10.2 Å². The molecular formula is C12H14FN3O2. The number of carbonyl (C=O) groups is 1. The SMILES string of the molecule is CNCc1ccc(C2=NCCN2C(=O)O)cc1F. The molecule has 0 bridgehead atoms. The van der Waals surface area contributed by atoms with E-state index in [0.717, 1.165) is 4.90 Å². The molecule has 1 aliphatic rings. The van der Waals surface area contributed by atoms with E-state index in [1.807, 2.05) is 0 Å². The number of hydrogen-bond acceptors (Lipinski definition) is 3. The van der Waals surface area contributed by atoms with Crippen LogP contribution in [0.4, 0.5) is 9.18 Å². The van der Waals surface area contributed by atoms with Crippen molar-refractivity contribution in [3.8, 4) is 0 Å². The van der Waals surface area contributed by atoms with E-state index in [-0.39, 0.29) is 5.82 Å². The van der Waals surface area contributed by atoms with Crippen LogP contribution in [0.2, 0.25) is 0 Å². The summed E-state index contributed by atoms with van der Waals surface area (Å²) in [6.07, 6.45) is -1.06. The fourth-order valence-corrected chi connectivity index (χ4v) is 1.90. The Balaban J connectivity index is 2.29. The fourth-order valence-electron chi connectivity index (χ4n) is 1.90. The normalized spacial score (nSPS) is 14.8. The molecule has 6 heteroatoms. The minimum absolute atomic E-state index is 0.317. The maximum atomic E-state index is 13.8. The maximum Gasteiger partial charge on any atom is 0.413 e. The predicted octanol–water partition coefficient (Wildman–Crippen LogP) is 1.29. The monoisotopic (exact) mass is 251 g/mol. The highest BCUT2D eigenvalue weighted by atomic mass is 19.1. The third-order valence-electron chi connectivity index (χ3n) is 2.75. The van der Waals surface area contributed by atoms with E-state index in [0.29, 0.717) is 36.6 Å². The summed E-state index contributed by atoms with van der Waals surface area (Å²) in [6.45, 7) is 1.17. The molecule has 1 aliphatic heterocycles. The molecular weight excluding hydrogens is 237 g/mol. The van der Waals surface area contributed by atoms with Crippen molar-refractivity contribution in [2.45, 2.75) is 6.54 Å². The first-order valence-electron chi connectivity index (χ1n) is 5.62. The smallest absolute Gasteiger partial charge is 0.413 e. The van der Waals surface area contributed by atoms with Gasteiger partial charge in [-0.3, -0.25) is 9.89 Å². The largest absolute Gasteiger partial charge is 0.465 e. The lowest BCUT2D eigenvalue weighted by Crippen LogP contribution is -2.33. The van der Waals surface area contributed by atoms with Gasteiger partial charge in [0.25, 0.3) is 0 Å². The zero-order valence-electron chi connectivity index (χ0n) is 9.98. The Bertz CT molecular complexity index is 502. The molecule has 18 heavy (non-hydrogen) atoms. The van der Waals surface area contributed by atoms with Crippen molar-refractivity contribution in [3.05, 3.63) is 35.1 Å². The summed E-state index contributed by atoms with van der Waals surface area (Å²) in [6, 6.07) is 4.66. The first-order chi connectivity index (χ1) is 8.63. The highest BCUT2D eigenvalue weighted by molar-refractivity contribution is 6.07. The average Bonchev–Trinajstić information content (AvgIpc) is 2.81. The van der Waals surface area contributed by atoms with E-state index >= 15 is 0 Å². The average molecular weight is 251 g/mol. The lowest BCUT2D eigenvalue weighted by Gasteiger charge is -2.14. The van der Waals surface area contributed by atoms with Gasteiger partial charge in [0.1, 0.15) is 11.7 Å². The third kappa shape index (κ3) is 2.33. The Hall–Kier alpha value is -1.95. The van der Waals surface area contributed by atoms with Crippen LogP contribution >= 0.6 is 0 Å². The summed E-state index contributed by atoms with van der Waals surface area (Å²) in [7, 11) is 1.74. The van der Waals surface area contributed by atoms with Gasteiger partial charge in [0.15, 0.2) is 0 Å². The second-order valence-corrected chi connectivity index (χ2v) is 3.98. The molecule has 5 nitrogen and oxygen atoms in total. The number of nitrogens with one attached hydrogen (secondary N) is 1. The number of benzene rings is 1. The number of amidine groups is 1. The number of aliphatic imine (C=N–C) groups is 1. The Morgan fingerprint density at radius 1 is 1.61 bits per heavy atom. The summed E-state index contributed by atoms with van der Waals surface area (Å²) < 4.78 is 13.8. The Morgan fingerprint density at radius 2 is 2.39 bits per heavy atom. The third-order valence-corrected chi connectivity index (χ3v) is 2.75.